The summed E-state index contributed by atoms with van der Waals surface area (Å²) in [6.07, 6.45) is 1.39. The molecule has 2 nitrogen and oxygen atoms in total. The van der Waals surface area contributed by atoms with Crippen LogP contribution in [0.15, 0.2) is 0 Å². The third kappa shape index (κ3) is 1.96. The van der Waals surface area contributed by atoms with Crippen molar-refractivity contribution < 1.29 is 0 Å². The van der Waals surface area contributed by atoms with Crippen LogP contribution in [0.2, 0.25) is 0 Å². The molecule has 82 valence electrons. The maximum absolute atomic E-state index is 2.69. The molecule has 0 aromatic carbocycles. The first-order valence-corrected chi connectivity index (χ1v) is 5.96. The Bertz CT molecular complexity index is 210. The first-order valence-electron chi connectivity index (χ1n) is 5.96. The predicted octanol–water partition coefficient (Wildman–Crippen LogP) is 1.81. The van der Waals surface area contributed by atoms with E-state index in [1.807, 2.05) is 0 Å². The van der Waals surface area contributed by atoms with E-state index < -0.39 is 0 Å². The zero-order valence-electron chi connectivity index (χ0n) is 10.1. The van der Waals surface area contributed by atoms with Crippen LogP contribution in [-0.4, -0.2) is 48.1 Å². The summed E-state index contributed by atoms with van der Waals surface area (Å²) in [6.45, 7) is 14.6. The van der Waals surface area contributed by atoms with Crippen molar-refractivity contribution in [1.29, 1.82) is 0 Å². The molecule has 1 unspecified atom stereocenters. The summed E-state index contributed by atoms with van der Waals surface area (Å²) in [5.41, 5.74) is 0.553. The molecule has 2 fully saturated rings. The summed E-state index contributed by atoms with van der Waals surface area (Å²) in [5, 5.41) is 0. The molecule has 0 N–H and O–H groups in total. The van der Waals surface area contributed by atoms with Gasteiger partial charge in [-0.1, -0.05) is 13.8 Å². The summed E-state index contributed by atoms with van der Waals surface area (Å²) in [4.78, 5) is 5.32. The fourth-order valence-electron chi connectivity index (χ4n) is 3.04. The van der Waals surface area contributed by atoms with Crippen LogP contribution in [0.4, 0.5) is 0 Å². The van der Waals surface area contributed by atoms with E-state index in [-0.39, 0.29) is 0 Å². The van der Waals surface area contributed by atoms with Crippen LogP contribution >= 0.6 is 0 Å². The fourth-order valence-corrected chi connectivity index (χ4v) is 3.04. The molecule has 2 saturated heterocycles. The average molecular weight is 196 g/mol. The van der Waals surface area contributed by atoms with E-state index in [9.17, 15) is 0 Å². The number of hydrogen-bond acceptors (Lipinski definition) is 2. The Kier molecular flexibility index (Phi) is 2.61. The van der Waals surface area contributed by atoms with E-state index >= 15 is 0 Å². The Hall–Kier alpha value is -0.0800. The first kappa shape index (κ1) is 10.4. The molecular weight excluding hydrogens is 172 g/mol. The summed E-state index contributed by atoms with van der Waals surface area (Å²) in [5.74, 6) is 0. The molecular formula is C12H24N2. The van der Waals surface area contributed by atoms with E-state index in [0.29, 0.717) is 5.41 Å². The van der Waals surface area contributed by atoms with E-state index in [4.69, 9.17) is 0 Å². The Morgan fingerprint density at radius 3 is 2.57 bits per heavy atom. The lowest BCUT2D eigenvalue weighted by Crippen LogP contribution is -2.52. The minimum atomic E-state index is 0.553. The Balaban J connectivity index is 1.98. The van der Waals surface area contributed by atoms with Crippen molar-refractivity contribution in [3.63, 3.8) is 0 Å². The van der Waals surface area contributed by atoms with Gasteiger partial charge >= 0.3 is 0 Å². The van der Waals surface area contributed by atoms with Crippen LogP contribution in [0.25, 0.3) is 0 Å². The van der Waals surface area contributed by atoms with Crippen LogP contribution in [0.3, 0.4) is 0 Å². The maximum atomic E-state index is 2.69. The lowest BCUT2D eigenvalue weighted by atomic mass is 9.90. The number of nitrogens with zero attached hydrogens (tertiary/aromatic N) is 2. The number of hydrogen-bond donors (Lipinski definition) is 0. The van der Waals surface area contributed by atoms with Gasteiger partial charge in [0.05, 0.1) is 0 Å². The number of piperazine rings is 1. The predicted molar refractivity (Wildman–Crippen MR) is 60.5 cm³/mol. The normalized spacial score (nSPS) is 33.6. The van der Waals surface area contributed by atoms with Crippen molar-refractivity contribution in [2.45, 2.75) is 46.2 Å². The number of rotatable bonds is 1. The maximum Gasteiger partial charge on any atom is 0.0229 e. The van der Waals surface area contributed by atoms with Crippen LogP contribution in [-0.2, 0) is 0 Å². The molecule has 2 heteroatoms. The molecule has 0 amide bonds. The summed E-state index contributed by atoms with van der Waals surface area (Å²) in [7, 11) is 0. The molecule has 2 rings (SSSR count). The largest absolute Gasteiger partial charge is 0.298 e. The third-order valence-electron chi connectivity index (χ3n) is 3.79. The summed E-state index contributed by atoms with van der Waals surface area (Å²) < 4.78 is 0. The third-order valence-corrected chi connectivity index (χ3v) is 3.79. The second-order valence-electron chi connectivity index (χ2n) is 6.08. The van der Waals surface area contributed by atoms with Gasteiger partial charge in [0.2, 0.25) is 0 Å². The van der Waals surface area contributed by atoms with Crippen LogP contribution in [0, 0.1) is 5.41 Å². The molecule has 1 atom stereocenters. The quantitative estimate of drug-likeness (QED) is 0.631. The molecule has 2 heterocycles. The van der Waals surface area contributed by atoms with Crippen molar-refractivity contribution in [2.24, 2.45) is 5.41 Å². The highest BCUT2D eigenvalue weighted by atomic mass is 15.3. The van der Waals surface area contributed by atoms with E-state index in [1.54, 1.807) is 0 Å². The Morgan fingerprint density at radius 2 is 1.93 bits per heavy atom. The average Bonchev–Trinajstić information content (AvgIpc) is 2.36. The molecule has 0 radical (unpaired) electrons. The van der Waals surface area contributed by atoms with Gasteiger partial charge in [-0.05, 0) is 25.7 Å². The Morgan fingerprint density at radius 1 is 1.21 bits per heavy atom. The molecule has 0 aliphatic carbocycles. The minimum Gasteiger partial charge on any atom is -0.298 e. The lowest BCUT2D eigenvalue weighted by molar-refractivity contribution is 0.0820. The van der Waals surface area contributed by atoms with E-state index in [2.05, 4.69) is 37.5 Å². The van der Waals surface area contributed by atoms with Crippen molar-refractivity contribution in [3.8, 4) is 0 Å². The van der Waals surface area contributed by atoms with Gasteiger partial charge in [0.15, 0.2) is 0 Å². The molecule has 2 aliphatic heterocycles. The van der Waals surface area contributed by atoms with Gasteiger partial charge in [-0.15, -0.1) is 0 Å². The smallest absolute Gasteiger partial charge is 0.0229 e. The van der Waals surface area contributed by atoms with Crippen LogP contribution in [0.1, 0.15) is 34.1 Å². The van der Waals surface area contributed by atoms with Gasteiger partial charge in [0.25, 0.3) is 0 Å². The molecule has 0 aromatic heterocycles. The molecule has 0 aromatic rings. The first-order chi connectivity index (χ1) is 6.48. The standard InChI is InChI=1S/C12H24N2/c1-10(2)13-5-6-14-9-12(3,4)7-11(14)8-13/h10-11H,5-9H2,1-4H3. The monoisotopic (exact) mass is 196 g/mol. The van der Waals surface area contributed by atoms with Crippen molar-refractivity contribution >= 4 is 0 Å². The molecule has 0 saturated carbocycles. The zero-order valence-corrected chi connectivity index (χ0v) is 10.1. The summed E-state index contributed by atoms with van der Waals surface area (Å²) in [6, 6.07) is 1.56. The molecule has 2 aliphatic rings. The van der Waals surface area contributed by atoms with Crippen LogP contribution < -0.4 is 0 Å². The number of fused-ring (bicyclic) bond motifs is 1. The lowest BCUT2D eigenvalue weighted by Gasteiger charge is -2.39. The zero-order chi connectivity index (χ0) is 10.3. The highest BCUT2D eigenvalue weighted by Crippen LogP contribution is 2.35. The second-order valence-corrected chi connectivity index (χ2v) is 6.08. The van der Waals surface area contributed by atoms with Crippen molar-refractivity contribution in [2.75, 3.05) is 26.2 Å². The highest BCUT2D eigenvalue weighted by molar-refractivity contribution is 4.95. The van der Waals surface area contributed by atoms with Gasteiger partial charge < -0.3 is 0 Å². The molecule has 14 heavy (non-hydrogen) atoms. The van der Waals surface area contributed by atoms with Gasteiger partial charge in [0, 0.05) is 38.3 Å². The molecule has 0 bridgehead atoms. The van der Waals surface area contributed by atoms with Crippen molar-refractivity contribution in [1.82, 2.24) is 9.80 Å². The highest BCUT2D eigenvalue weighted by Gasteiger charge is 2.40. The molecule has 0 spiro atoms. The van der Waals surface area contributed by atoms with Gasteiger partial charge in [-0.2, -0.15) is 0 Å². The van der Waals surface area contributed by atoms with Gasteiger partial charge in [-0.25, -0.2) is 0 Å². The summed E-state index contributed by atoms with van der Waals surface area (Å²) >= 11 is 0. The second kappa shape index (κ2) is 3.49. The van der Waals surface area contributed by atoms with E-state index in [1.165, 1.54) is 32.6 Å². The minimum absolute atomic E-state index is 0.553. The Labute approximate surface area is 88.3 Å². The van der Waals surface area contributed by atoms with Crippen LogP contribution in [0.5, 0.6) is 0 Å². The van der Waals surface area contributed by atoms with Gasteiger partial charge in [-0.3, -0.25) is 9.80 Å². The van der Waals surface area contributed by atoms with E-state index in [0.717, 1.165) is 12.1 Å². The SMILES string of the molecule is CC(C)N1CCN2CC(C)(C)CC2C1. The fraction of sp³-hybridized carbons (Fsp3) is 1.00. The van der Waals surface area contributed by atoms with Gasteiger partial charge in [0.1, 0.15) is 0 Å². The topological polar surface area (TPSA) is 6.48 Å². The van der Waals surface area contributed by atoms with Crippen molar-refractivity contribution in [3.05, 3.63) is 0 Å².